The van der Waals surface area contributed by atoms with E-state index in [1.54, 1.807) is 22.8 Å². The number of aryl methyl sites for hydroxylation is 1. The number of nitrogens with zero attached hydrogens (tertiary/aromatic N) is 3. The van der Waals surface area contributed by atoms with Gasteiger partial charge in [-0.3, -0.25) is 4.57 Å². The fraction of sp³-hybridized carbons (Fsp3) is 0.211. The van der Waals surface area contributed by atoms with Crippen molar-refractivity contribution in [1.29, 1.82) is 0 Å². The summed E-state index contributed by atoms with van der Waals surface area (Å²) in [5.74, 6) is 0.205. The second-order valence-corrected chi connectivity index (χ2v) is 6.61. The molecule has 0 amide bonds. The van der Waals surface area contributed by atoms with Gasteiger partial charge in [0.25, 0.3) is 0 Å². The smallest absolute Gasteiger partial charge is 0.326 e. The molecule has 0 unspecified atom stereocenters. The molecule has 0 spiro atoms. The van der Waals surface area contributed by atoms with Crippen LogP contribution in [-0.2, 0) is 13.0 Å². The van der Waals surface area contributed by atoms with Gasteiger partial charge >= 0.3 is 5.69 Å². The number of fused-ring (bicyclic) bond motifs is 1. The first kappa shape index (κ1) is 17.5. The third-order valence-corrected chi connectivity index (χ3v) is 4.69. The van der Waals surface area contributed by atoms with Gasteiger partial charge in [0.1, 0.15) is 5.82 Å². The number of hydrogen-bond acceptors (Lipinski definition) is 4. The zero-order valence-electron chi connectivity index (χ0n) is 14.5. The number of hydrogen-bond donors (Lipinski definition) is 1. The summed E-state index contributed by atoms with van der Waals surface area (Å²) in [6, 6.07) is 9.97. The van der Waals surface area contributed by atoms with Crippen LogP contribution < -0.4 is 5.69 Å². The van der Waals surface area contributed by atoms with Gasteiger partial charge in [-0.25, -0.2) is 9.18 Å². The predicted molar refractivity (Wildman–Crippen MR) is 100 cm³/mol. The van der Waals surface area contributed by atoms with E-state index in [0.29, 0.717) is 34.0 Å². The van der Waals surface area contributed by atoms with Gasteiger partial charge in [0.15, 0.2) is 0 Å². The van der Waals surface area contributed by atoms with E-state index < -0.39 is 5.82 Å². The Bertz CT molecular complexity index is 1160. The number of rotatable bonds is 5. The van der Waals surface area contributed by atoms with E-state index in [9.17, 15) is 9.18 Å². The van der Waals surface area contributed by atoms with Crippen molar-refractivity contribution >= 4 is 22.6 Å². The van der Waals surface area contributed by atoms with E-state index in [-0.39, 0.29) is 18.0 Å². The first-order chi connectivity index (χ1) is 13.1. The summed E-state index contributed by atoms with van der Waals surface area (Å²) in [6.07, 6.45) is 0.964. The molecule has 4 rings (SSSR count). The van der Waals surface area contributed by atoms with Gasteiger partial charge in [-0.2, -0.15) is 4.98 Å². The Morgan fingerprint density at radius 1 is 1.30 bits per heavy atom. The molecule has 8 heteroatoms. The van der Waals surface area contributed by atoms with E-state index in [2.05, 4.69) is 15.1 Å². The van der Waals surface area contributed by atoms with Gasteiger partial charge in [0.05, 0.1) is 17.5 Å². The zero-order chi connectivity index (χ0) is 19.0. The summed E-state index contributed by atoms with van der Waals surface area (Å²) in [5, 5.41) is 4.27. The summed E-state index contributed by atoms with van der Waals surface area (Å²) in [5.41, 5.74) is 2.39. The molecule has 0 saturated carbocycles. The van der Waals surface area contributed by atoms with Crippen LogP contribution in [0.3, 0.4) is 0 Å². The Morgan fingerprint density at radius 3 is 2.93 bits per heavy atom. The molecule has 6 nitrogen and oxygen atoms in total. The quantitative estimate of drug-likeness (QED) is 0.558. The fourth-order valence-corrected chi connectivity index (χ4v) is 3.27. The lowest BCUT2D eigenvalue weighted by molar-refractivity contribution is 0.384. The van der Waals surface area contributed by atoms with Gasteiger partial charge in [-0.1, -0.05) is 29.7 Å². The van der Waals surface area contributed by atoms with E-state index in [4.69, 9.17) is 16.1 Å². The van der Waals surface area contributed by atoms with Crippen LogP contribution in [0.15, 0.2) is 45.7 Å². The minimum Gasteiger partial charge on any atom is -0.339 e. The number of nitrogens with one attached hydrogen (secondary N) is 1. The molecule has 4 aromatic rings. The lowest BCUT2D eigenvalue weighted by Gasteiger charge is -2.02. The third kappa shape index (κ3) is 3.26. The molecular formula is C19H16ClFN4O2. The molecule has 0 aliphatic carbocycles. The molecular weight excluding hydrogens is 371 g/mol. The molecule has 27 heavy (non-hydrogen) atoms. The molecule has 138 valence electrons. The minimum atomic E-state index is -0.418. The van der Waals surface area contributed by atoms with Crippen LogP contribution in [0.2, 0.25) is 5.02 Å². The van der Waals surface area contributed by atoms with E-state index >= 15 is 0 Å². The minimum absolute atomic E-state index is 0.102. The van der Waals surface area contributed by atoms with Crippen molar-refractivity contribution < 1.29 is 8.91 Å². The molecule has 0 bridgehead atoms. The number of H-pyrrole nitrogens is 1. The van der Waals surface area contributed by atoms with E-state index in [0.717, 1.165) is 11.9 Å². The molecule has 0 saturated heterocycles. The summed E-state index contributed by atoms with van der Waals surface area (Å²) in [6.45, 7) is 2.66. The van der Waals surface area contributed by atoms with Crippen molar-refractivity contribution in [2.45, 2.75) is 26.3 Å². The Labute approximate surface area is 158 Å². The van der Waals surface area contributed by atoms with Gasteiger partial charge in [-0.15, -0.1) is 0 Å². The fourth-order valence-electron chi connectivity index (χ4n) is 3.04. The second kappa shape index (κ2) is 7.00. The molecule has 1 N–H and O–H groups in total. The molecule has 0 fully saturated rings. The van der Waals surface area contributed by atoms with Crippen LogP contribution in [0, 0.1) is 5.82 Å². The van der Waals surface area contributed by atoms with Crippen LogP contribution >= 0.6 is 11.6 Å². The first-order valence-electron chi connectivity index (χ1n) is 8.55. The number of imidazole rings is 1. The Kier molecular flexibility index (Phi) is 4.53. The summed E-state index contributed by atoms with van der Waals surface area (Å²) >= 11 is 6.05. The highest BCUT2D eigenvalue weighted by Crippen LogP contribution is 2.24. The maximum Gasteiger partial charge on any atom is 0.326 e. The maximum atomic E-state index is 13.9. The molecule has 0 atom stereocenters. The van der Waals surface area contributed by atoms with Crippen LogP contribution in [0.25, 0.3) is 22.4 Å². The zero-order valence-corrected chi connectivity index (χ0v) is 15.3. The van der Waals surface area contributed by atoms with Crippen molar-refractivity contribution in [3.8, 4) is 11.4 Å². The van der Waals surface area contributed by atoms with Crippen molar-refractivity contribution in [3.05, 3.63) is 69.2 Å². The van der Waals surface area contributed by atoms with Crippen LogP contribution in [0.1, 0.15) is 24.8 Å². The third-order valence-electron chi connectivity index (χ3n) is 4.34. The normalized spacial score (nSPS) is 11.4. The predicted octanol–water partition coefficient (Wildman–Crippen LogP) is 4.17. The number of aromatic nitrogens is 4. The average Bonchev–Trinajstić information content (AvgIpc) is 3.23. The van der Waals surface area contributed by atoms with Crippen LogP contribution in [0.4, 0.5) is 4.39 Å². The Balaban J connectivity index is 1.66. The van der Waals surface area contributed by atoms with Gasteiger partial charge in [-0.05, 0) is 36.8 Å². The molecule has 2 heterocycles. The largest absolute Gasteiger partial charge is 0.339 e. The Morgan fingerprint density at radius 2 is 2.15 bits per heavy atom. The monoisotopic (exact) mass is 386 g/mol. The highest BCUT2D eigenvalue weighted by Gasteiger charge is 2.15. The number of benzene rings is 2. The molecule has 0 aliphatic heterocycles. The maximum absolute atomic E-state index is 13.9. The van der Waals surface area contributed by atoms with Gasteiger partial charge in [0.2, 0.25) is 11.7 Å². The van der Waals surface area contributed by atoms with Crippen molar-refractivity contribution in [2.75, 3.05) is 0 Å². The van der Waals surface area contributed by atoms with Crippen LogP contribution in [-0.4, -0.2) is 19.7 Å². The topological polar surface area (TPSA) is 76.7 Å². The molecule has 2 aromatic heterocycles. The SMILES string of the molecule is CCCn1c(=O)[nH]c2cc(-c3noc(Cc4c(F)cccc4Cl)n3)ccc21. The molecule has 0 radical (unpaired) electrons. The summed E-state index contributed by atoms with van der Waals surface area (Å²) in [7, 11) is 0. The van der Waals surface area contributed by atoms with Crippen molar-refractivity contribution in [1.82, 2.24) is 19.7 Å². The second-order valence-electron chi connectivity index (χ2n) is 6.20. The molecule has 2 aromatic carbocycles. The highest BCUT2D eigenvalue weighted by atomic mass is 35.5. The highest BCUT2D eigenvalue weighted by molar-refractivity contribution is 6.31. The summed E-state index contributed by atoms with van der Waals surface area (Å²) < 4.78 is 20.9. The van der Waals surface area contributed by atoms with Crippen molar-refractivity contribution in [2.24, 2.45) is 0 Å². The average molecular weight is 387 g/mol. The lowest BCUT2D eigenvalue weighted by Crippen LogP contribution is -2.16. The van der Waals surface area contributed by atoms with Gasteiger partial charge in [0, 0.05) is 22.7 Å². The number of halogens is 2. The summed E-state index contributed by atoms with van der Waals surface area (Å²) in [4.78, 5) is 19.2. The Hall–Kier alpha value is -2.93. The van der Waals surface area contributed by atoms with Crippen molar-refractivity contribution in [3.63, 3.8) is 0 Å². The standard InChI is InChI=1S/C19H16ClFN4O2/c1-2-8-25-16-7-6-11(9-15(16)22-19(25)26)18-23-17(27-24-18)10-12-13(20)4-3-5-14(12)21/h3-7,9H,2,8,10H2,1H3,(H,22,26). The van der Waals surface area contributed by atoms with E-state index in [1.165, 1.54) is 6.07 Å². The first-order valence-corrected chi connectivity index (χ1v) is 8.93. The molecule has 0 aliphatic rings. The van der Waals surface area contributed by atoms with Gasteiger partial charge < -0.3 is 9.51 Å². The number of aromatic amines is 1. The lowest BCUT2D eigenvalue weighted by atomic mass is 10.1. The van der Waals surface area contributed by atoms with Crippen LogP contribution in [0.5, 0.6) is 0 Å². The van der Waals surface area contributed by atoms with E-state index in [1.807, 2.05) is 19.1 Å².